The summed E-state index contributed by atoms with van der Waals surface area (Å²) in [5.74, 6) is 0.723. The molecular weight excluding hydrogens is 359 g/mol. The average Bonchev–Trinajstić information content (AvgIpc) is 3.13. The van der Waals surface area contributed by atoms with Gasteiger partial charge in [-0.1, -0.05) is 12.1 Å². The molecule has 1 saturated heterocycles. The number of benzene rings is 1. The highest BCUT2D eigenvalue weighted by Crippen LogP contribution is 2.34. The number of rotatable bonds is 3. The molecule has 9 heteroatoms. The molecule has 0 amide bonds. The molecule has 6 nitrogen and oxygen atoms in total. The summed E-state index contributed by atoms with van der Waals surface area (Å²) in [5.41, 5.74) is -0.284. The van der Waals surface area contributed by atoms with Crippen LogP contribution in [0.5, 0.6) is 0 Å². The first-order chi connectivity index (χ1) is 12.9. The number of hydrogen-bond acceptors (Lipinski definition) is 5. The van der Waals surface area contributed by atoms with Crippen molar-refractivity contribution in [2.75, 3.05) is 11.4 Å². The van der Waals surface area contributed by atoms with Crippen molar-refractivity contribution in [3.63, 3.8) is 0 Å². The number of anilines is 1. The SMILES string of the molecule is O=c1c2ccccc2nc(C2CCCN2c2ccncn2)n1CC(F)(F)F. The number of hydrogen-bond donors (Lipinski definition) is 0. The molecule has 0 spiro atoms. The van der Waals surface area contributed by atoms with Gasteiger partial charge in [-0.15, -0.1) is 0 Å². The van der Waals surface area contributed by atoms with Crippen molar-refractivity contribution in [1.82, 2.24) is 19.5 Å². The topological polar surface area (TPSA) is 63.9 Å². The highest BCUT2D eigenvalue weighted by Gasteiger charge is 2.35. The maximum Gasteiger partial charge on any atom is 0.406 e. The van der Waals surface area contributed by atoms with Gasteiger partial charge >= 0.3 is 6.18 Å². The second kappa shape index (κ2) is 6.64. The summed E-state index contributed by atoms with van der Waals surface area (Å²) >= 11 is 0. The van der Waals surface area contributed by atoms with E-state index >= 15 is 0 Å². The molecule has 2 aromatic heterocycles. The smallest absolute Gasteiger partial charge is 0.346 e. The lowest BCUT2D eigenvalue weighted by Crippen LogP contribution is -2.36. The molecule has 1 atom stereocenters. The van der Waals surface area contributed by atoms with Crippen LogP contribution in [-0.4, -0.2) is 32.2 Å². The summed E-state index contributed by atoms with van der Waals surface area (Å²) in [6, 6.07) is 7.71. The fourth-order valence-corrected chi connectivity index (χ4v) is 3.53. The number of aromatic nitrogens is 4. The highest BCUT2D eigenvalue weighted by atomic mass is 19.4. The third-order valence-corrected chi connectivity index (χ3v) is 4.64. The average molecular weight is 375 g/mol. The van der Waals surface area contributed by atoms with Gasteiger partial charge in [-0.25, -0.2) is 15.0 Å². The monoisotopic (exact) mass is 375 g/mol. The minimum atomic E-state index is -4.53. The Morgan fingerprint density at radius 2 is 2.00 bits per heavy atom. The molecular formula is C18H16F3N5O. The first-order valence-electron chi connectivity index (χ1n) is 8.53. The molecule has 0 bridgehead atoms. The largest absolute Gasteiger partial charge is 0.406 e. The van der Waals surface area contributed by atoms with Gasteiger partial charge in [0.2, 0.25) is 0 Å². The van der Waals surface area contributed by atoms with Gasteiger partial charge in [0.05, 0.1) is 16.9 Å². The van der Waals surface area contributed by atoms with Crippen molar-refractivity contribution < 1.29 is 13.2 Å². The van der Waals surface area contributed by atoms with Crippen molar-refractivity contribution in [2.24, 2.45) is 0 Å². The zero-order valence-corrected chi connectivity index (χ0v) is 14.2. The zero-order valence-electron chi connectivity index (χ0n) is 14.2. The molecule has 27 heavy (non-hydrogen) atoms. The molecule has 0 N–H and O–H groups in total. The fourth-order valence-electron chi connectivity index (χ4n) is 3.53. The third kappa shape index (κ3) is 3.36. The Bertz CT molecular complexity index is 1020. The normalized spacial score (nSPS) is 17.6. The zero-order chi connectivity index (χ0) is 19.0. The number of para-hydroxylation sites is 1. The standard InChI is InChI=1S/C18H16F3N5O/c19-18(20,21)10-26-16(24-13-5-2-1-4-12(13)17(26)27)14-6-3-9-25(14)15-7-8-22-11-23-15/h1-2,4-5,7-8,11,14H,3,6,9-10H2. The molecule has 4 rings (SSSR count). The van der Waals surface area contributed by atoms with Crippen LogP contribution in [-0.2, 0) is 6.54 Å². The van der Waals surface area contributed by atoms with Crippen LogP contribution in [0, 0.1) is 0 Å². The van der Waals surface area contributed by atoms with Crippen LogP contribution >= 0.6 is 0 Å². The molecule has 1 unspecified atom stereocenters. The first kappa shape index (κ1) is 17.4. The van der Waals surface area contributed by atoms with Crippen molar-refractivity contribution in [1.29, 1.82) is 0 Å². The maximum atomic E-state index is 13.2. The van der Waals surface area contributed by atoms with Crippen molar-refractivity contribution >= 4 is 16.7 Å². The summed E-state index contributed by atoms with van der Waals surface area (Å²) in [4.78, 5) is 27.2. The quantitative estimate of drug-likeness (QED) is 0.704. The van der Waals surface area contributed by atoms with Crippen LogP contribution in [0.2, 0.25) is 0 Å². The van der Waals surface area contributed by atoms with Crippen molar-refractivity contribution in [3.05, 3.63) is 59.0 Å². The lowest BCUT2D eigenvalue weighted by Gasteiger charge is -2.27. The summed E-state index contributed by atoms with van der Waals surface area (Å²) < 4.78 is 40.3. The van der Waals surface area contributed by atoms with Crippen LogP contribution in [0.25, 0.3) is 10.9 Å². The minimum Gasteiger partial charge on any atom is -0.346 e. The summed E-state index contributed by atoms with van der Waals surface area (Å²) in [5, 5.41) is 0.178. The van der Waals surface area contributed by atoms with Crippen LogP contribution < -0.4 is 10.5 Å². The van der Waals surface area contributed by atoms with Crippen LogP contribution in [0.4, 0.5) is 19.0 Å². The Kier molecular flexibility index (Phi) is 4.29. The second-order valence-electron chi connectivity index (χ2n) is 6.41. The van der Waals surface area contributed by atoms with E-state index in [4.69, 9.17) is 0 Å². The van der Waals surface area contributed by atoms with E-state index in [9.17, 15) is 18.0 Å². The number of nitrogens with zero attached hydrogens (tertiary/aromatic N) is 5. The highest BCUT2D eigenvalue weighted by molar-refractivity contribution is 5.77. The Morgan fingerprint density at radius 3 is 2.74 bits per heavy atom. The predicted molar refractivity (Wildman–Crippen MR) is 93.4 cm³/mol. The van der Waals surface area contributed by atoms with E-state index in [1.807, 2.05) is 4.90 Å². The van der Waals surface area contributed by atoms with E-state index in [0.29, 0.717) is 24.3 Å². The molecule has 140 valence electrons. The van der Waals surface area contributed by atoms with E-state index < -0.39 is 24.3 Å². The van der Waals surface area contributed by atoms with Crippen LogP contribution in [0.3, 0.4) is 0 Å². The van der Waals surface area contributed by atoms with E-state index in [0.717, 1.165) is 11.0 Å². The van der Waals surface area contributed by atoms with Gasteiger partial charge in [0.25, 0.3) is 5.56 Å². The molecule has 0 radical (unpaired) electrons. The van der Waals surface area contributed by atoms with Crippen molar-refractivity contribution in [2.45, 2.75) is 31.6 Å². The molecule has 0 aliphatic carbocycles. The molecule has 1 fully saturated rings. The number of alkyl halides is 3. The molecule has 0 saturated carbocycles. The van der Waals surface area contributed by atoms with E-state index in [2.05, 4.69) is 15.0 Å². The third-order valence-electron chi connectivity index (χ3n) is 4.64. The lowest BCUT2D eigenvalue weighted by atomic mass is 10.1. The molecule has 1 aliphatic heterocycles. The molecule has 1 aromatic carbocycles. The van der Waals surface area contributed by atoms with E-state index in [-0.39, 0.29) is 11.2 Å². The Morgan fingerprint density at radius 1 is 1.19 bits per heavy atom. The van der Waals surface area contributed by atoms with Crippen LogP contribution in [0.15, 0.2) is 47.7 Å². The summed E-state index contributed by atoms with van der Waals surface area (Å²) in [6.07, 6.45) is -0.202. The molecule has 3 aromatic rings. The maximum absolute atomic E-state index is 13.2. The summed E-state index contributed by atoms with van der Waals surface area (Å²) in [6.45, 7) is -0.747. The first-order valence-corrected chi connectivity index (χ1v) is 8.53. The van der Waals surface area contributed by atoms with Gasteiger partial charge in [0, 0.05) is 12.7 Å². The Hall–Kier alpha value is -2.97. The van der Waals surface area contributed by atoms with Gasteiger partial charge in [0.15, 0.2) is 0 Å². The predicted octanol–water partition coefficient (Wildman–Crippen LogP) is 3.09. The Labute approximate surface area is 152 Å². The van der Waals surface area contributed by atoms with Crippen molar-refractivity contribution in [3.8, 4) is 0 Å². The second-order valence-corrected chi connectivity index (χ2v) is 6.41. The minimum absolute atomic E-state index is 0.118. The van der Waals surface area contributed by atoms with Gasteiger partial charge in [-0.2, -0.15) is 13.2 Å². The molecule has 1 aliphatic rings. The fraction of sp³-hybridized carbons (Fsp3) is 0.333. The van der Waals surface area contributed by atoms with Gasteiger partial charge < -0.3 is 4.90 Å². The molecule has 3 heterocycles. The van der Waals surface area contributed by atoms with Gasteiger partial charge in [-0.3, -0.25) is 9.36 Å². The van der Waals surface area contributed by atoms with Crippen LogP contribution in [0.1, 0.15) is 24.7 Å². The number of halogens is 3. The van der Waals surface area contributed by atoms with E-state index in [1.165, 1.54) is 12.4 Å². The lowest BCUT2D eigenvalue weighted by molar-refractivity contribution is -0.141. The van der Waals surface area contributed by atoms with E-state index in [1.54, 1.807) is 30.5 Å². The van der Waals surface area contributed by atoms with Gasteiger partial charge in [0.1, 0.15) is 24.5 Å². The van der Waals surface area contributed by atoms with Gasteiger partial charge in [-0.05, 0) is 31.0 Å². The number of fused-ring (bicyclic) bond motifs is 1. The Balaban J connectivity index is 1.89. The summed E-state index contributed by atoms with van der Waals surface area (Å²) in [7, 11) is 0.